The maximum absolute atomic E-state index is 3.46. The first kappa shape index (κ1) is 9.70. The van der Waals surface area contributed by atoms with E-state index in [0.29, 0.717) is 0 Å². The Bertz CT molecular complexity index is 42.0. The van der Waals surface area contributed by atoms with Crippen LogP contribution in [0.1, 0.15) is 20.8 Å². The Balaban J connectivity index is 0. The second kappa shape index (κ2) is 17.9. The van der Waals surface area contributed by atoms with Crippen LogP contribution in [0.5, 0.6) is 0 Å². The average Bonchev–Trinajstić information content (AvgIpc) is 1.75. The molecule has 42 valence electrons. The number of hydrogen-bond acceptors (Lipinski definition) is 0. The summed E-state index contributed by atoms with van der Waals surface area (Å²) in [6.07, 6.45) is 5.58. The molecule has 0 rings (SSSR count). The Morgan fingerprint density at radius 1 is 1.29 bits per heavy atom. The summed E-state index contributed by atoms with van der Waals surface area (Å²) in [5, 5.41) is 0. The zero-order valence-electron chi connectivity index (χ0n) is 5.44. The van der Waals surface area contributed by atoms with Crippen molar-refractivity contribution < 1.29 is 0 Å². The van der Waals surface area contributed by atoms with E-state index >= 15 is 0 Å². The Morgan fingerprint density at radius 3 is 1.71 bits per heavy atom. The zero-order valence-corrected chi connectivity index (χ0v) is 5.44. The zero-order chi connectivity index (χ0) is 6.12. The summed E-state index contributed by atoms with van der Waals surface area (Å²) >= 11 is 0. The van der Waals surface area contributed by atoms with Gasteiger partial charge in [-0.15, -0.1) is 0 Å². The van der Waals surface area contributed by atoms with Gasteiger partial charge in [-0.2, -0.15) is 0 Å². The predicted molar refractivity (Wildman–Crippen MR) is 36.4 cm³/mol. The third-order valence-electron chi connectivity index (χ3n) is 0.329. The molecular formula is C7H14. The van der Waals surface area contributed by atoms with Crippen LogP contribution in [0.15, 0.2) is 24.8 Å². The van der Waals surface area contributed by atoms with Crippen molar-refractivity contribution in [3.8, 4) is 0 Å². The molecular weight excluding hydrogens is 84.1 g/mol. The smallest absolute Gasteiger partial charge is 0.0467 e. The monoisotopic (exact) mass is 98.1 g/mol. The van der Waals surface area contributed by atoms with Crippen LogP contribution in [0, 0.1) is 0 Å². The molecule has 0 heterocycles. The minimum absolute atomic E-state index is 1.75. The van der Waals surface area contributed by atoms with Crippen LogP contribution in [-0.2, 0) is 0 Å². The molecule has 0 aliphatic heterocycles. The molecule has 0 bridgehead atoms. The van der Waals surface area contributed by atoms with Gasteiger partial charge < -0.3 is 0 Å². The average molecular weight is 98.2 g/mol. The van der Waals surface area contributed by atoms with E-state index in [1.165, 1.54) is 0 Å². The first-order valence-corrected chi connectivity index (χ1v) is 2.65. The highest BCUT2D eigenvalue weighted by atomic mass is 13.5. The maximum atomic E-state index is 3.46. The van der Waals surface area contributed by atoms with Crippen LogP contribution in [0.3, 0.4) is 0 Å². The predicted octanol–water partition coefficient (Wildman–Crippen LogP) is 2.77. The fourth-order valence-corrected chi connectivity index (χ4v) is 0.136. The van der Waals surface area contributed by atoms with E-state index in [9.17, 15) is 0 Å². The minimum atomic E-state index is 1.75. The Kier molecular flexibility index (Phi) is 24.8. The van der Waals surface area contributed by atoms with Gasteiger partial charge in [-0.05, 0) is 6.92 Å². The molecule has 0 N–H and O–H groups in total. The first-order valence-electron chi connectivity index (χ1n) is 2.65. The highest BCUT2D eigenvalue weighted by Gasteiger charge is 1.42. The van der Waals surface area contributed by atoms with E-state index in [2.05, 4.69) is 6.58 Å². The van der Waals surface area contributed by atoms with Gasteiger partial charge in [-0.3, -0.25) is 0 Å². The standard InChI is InChI=1S/C5H8.C2H6/c1-3-5-4-2;1-2/h3-5H,1H2,2H3;1-2H3/b5-4+;. The SMILES string of the molecule is C=C/C=C/C.CC. The lowest BCUT2D eigenvalue weighted by Gasteiger charge is -1.56. The lowest BCUT2D eigenvalue weighted by atomic mass is 10.5. The molecule has 0 atom stereocenters. The Morgan fingerprint density at radius 2 is 1.71 bits per heavy atom. The van der Waals surface area contributed by atoms with Gasteiger partial charge in [-0.25, -0.2) is 0 Å². The van der Waals surface area contributed by atoms with Gasteiger partial charge in [0, 0.05) is 0 Å². The molecule has 0 aromatic rings. The van der Waals surface area contributed by atoms with Crippen LogP contribution in [-0.4, -0.2) is 0 Å². The van der Waals surface area contributed by atoms with Crippen LogP contribution < -0.4 is 0 Å². The molecule has 0 aliphatic rings. The molecule has 0 saturated heterocycles. The largest absolute Gasteiger partial charge is 0.0991 e. The molecule has 0 aromatic heterocycles. The van der Waals surface area contributed by atoms with Gasteiger partial charge >= 0.3 is 0 Å². The van der Waals surface area contributed by atoms with Gasteiger partial charge in [0.25, 0.3) is 0 Å². The molecule has 0 spiro atoms. The topological polar surface area (TPSA) is 0 Å². The summed E-state index contributed by atoms with van der Waals surface area (Å²) in [7, 11) is 0. The van der Waals surface area contributed by atoms with E-state index < -0.39 is 0 Å². The normalized spacial score (nSPS) is 7.29. The van der Waals surface area contributed by atoms with Crippen molar-refractivity contribution in [1.29, 1.82) is 0 Å². The number of rotatable bonds is 1. The quantitative estimate of drug-likeness (QED) is 0.442. The summed E-state index contributed by atoms with van der Waals surface area (Å²) in [5.41, 5.74) is 0. The summed E-state index contributed by atoms with van der Waals surface area (Å²) in [6.45, 7) is 9.42. The third kappa shape index (κ3) is 30.3. The summed E-state index contributed by atoms with van der Waals surface area (Å²) in [5.74, 6) is 0. The van der Waals surface area contributed by atoms with E-state index in [4.69, 9.17) is 0 Å². The number of allylic oxidation sites excluding steroid dienone is 3. The highest BCUT2D eigenvalue weighted by molar-refractivity contribution is 4.94. The summed E-state index contributed by atoms with van der Waals surface area (Å²) < 4.78 is 0. The molecule has 7 heavy (non-hydrogen) atoms. The van der Waals surface area contributed by atoms with Crippen LogP contribution in [0.2, 0.25) is 0 Å². The van der Waals surface area contributed by atoms with E-state index in [1.54, 1.807) is 6.08 Å². The maximum Gasteiger partial charge on any atom is -0.0467 e. The lowest BCUT2D eigenvalue weighted by Crippen LogP contribution is -1.33. The van der Waals surface area contributed by atoms with E-state index in [1.807, 2.05) is 32.9 Å². The second-order valence-electron chi connectivity index (χ2n) is 0.761. The van der Waals surface area contributed by atoms with Crippen LogP contribution >= 0.6 is 0 Å². The molecule has 0 aliphatic carbocycles. The fourth-order valence-electron chi connectivity index (χ4n) is 0.136. The number of hydrogen-bond donors (Lipinski definition) is 0. The van der Waals surface area contributed by atoms with Crippen molar-refractivity contribution in [1.82, 2.24) is 0 Å². The Labute approximate surface area is 46.6 Å². The third-order valence-corrected chi connectivity index (χ3v) is 0.329. The minimum Gasteiger partial charge on any atom is -0.0991 e. The molecule has 0 amide bonds. The summed E-state index contributed by atoms with van der Waals surface area (Å²) in [4.78, 5) is 0. The molecule has 0 fully saturated rings. The molecule has 0 aromatic carbocycles. The van der Waals surface area contributed by atoms with Gasteiger partial charge in [0.2, 0.25) is 0 Å². The molecule has 0 radical (unpaired) electrons. The lowest BCUT2D eigenvalue weighted by molar-refractivity contribution is 1.50. The van der Waals surface area contributed by atoms with Gasteiger partial charge in [0.05, 0.1) is 0 Å². The fraction of sp³-hybridized carbons (Fsp3) is 0.429. The molecule has 0 saturated carbocycles. The molecule has 0 unspecified atom stereocenters. The van der Waals surface area contributed by atoms with Crippen LogP contribution in [0.4, 0.5) is 0 Å². The van der Waals surface area contributed by atoms with E-state index in [0.717, 1.165) is 0 Å². The highest BCUT2D eigenvalue weighted by Crippen LogP contribution is 1.64. The van der Waals surface area contributed by atoms with Crippen molar-refractivity contribution in [3.05, 3.63) is 24.8 Å². The second-order valence-corrected chi connectivity index (χ2v) is 0.761. The van der Waals surface area contributed by atoms with E-state index in [-0.39, 0.29) is 0 Å². The van der Waals surface area contributed by atoms with Crippen molar-refractivity contribution in [3.63, 3.8) is 0 Å². The summed E-state index contributed by atoms with van der Waals surface area (Å²) in [6, 6.07) is 0. The molecule has 0 heteroatoms. The first-order chi connectivity index (χ1) is 3.41. The van der Waals surface area contributed by atoms with Crippen molar-refractivity contribution in [2.45, 2.75) is 20.8 Å². The van der Waals surface area contributed by atoms with Crippen molar-refractivity contribution in [2.75, 3.05) is 0 Å². The van der Waals surface area contributed by atoms with Crippen molar-refractivity contribution >= 4 is 0 Å². The molecule has 0 nitrogen and oxygen atoms in total. The van der Waals surface area contributed by atoms with Gasteiger partial charge in [0.1, 0.15) is 0 Å². The van der Waals surface area contributed by atoms with Crippen LogP contribution in [0.25, 0.3) is 0 Å². The van der Waals surface area contributed by atoms with Gasteiger partial charge in [0.15, 0.2) is 0 Å². The Hall–Kier alpha value is -0.520. The van der Waals surface area contributed by atoms with Crippen molar-refractivity contribution in [2.24, 2.45) is 0 Å². The van der Waals surface area contributed by atoms with Gasteiger partial charge in [-0.1, -0.05) is 38.7 Å².